The summed E-state index contributed by atoms with van der Waals surface area (Å²) in [6, 6.07) is 0.636. The summed E-state index contributed by atoms with van der Waals surface area (Å²) in [4.78, 5) is 0. The minimum atomic E-state index is 0.636. The van der Waals surface area contributed by atoms with Crippen molar-refractivity contribution in [2.45, 2.75) is 44.6 Å². The molecule has 0 saturated heterocycles. The Balaban J connectivity index is 1.60. The summed E-state index contributed by atoms with van der Waals surface area (Å²) in [7, 11) is 3.81. The smallest absolute Gasteiger partial charge is 0.0700 e. The third kappa shape index (κ3) is 3.94. The van der Waals surface area contributed by atoms with E-state index in [1.165, 1.54) is 32.1 Å². The van der Waals surface area contributed by atoms with Gasteiger partial charge < -0.3 is 14.8 Å². The van der Waals surface area contributed by atoms with Crippen molar-refractivity contribution in [1.82, 2.24) is 5.32 Å². The van der Waals surface area contributed by atoms with E-state index in [-0.39, 0.29) is 0 Å². The molecule has 2 rings (SSSR count). The lowest BCUT2D eigenvalue weighted by Crippen LogP contribution is -2.31. The molecule has 1 N–H and O–H groups in total. The maximum absolute atomic E-state index is 5.57. The first kappa shape index (κ1) is 14.3. The summed E-state index contributed by atoms with van der Waals surface area (Å²) in [5.41, 5.74) is 0. The van der Waals surface area contributed by atoms with Crippen LogP contribution in [0.2, 0.25) is 0 Å². The second-order valence-electron chi connectivity index (χ2n) is 6.05. The molecule has 0 aromatic heterocycles. The third-order valence-electron chi connectivity index (χ3n) is 4.92. The molecular weight excluding hydrogens is 226 g/mol. The summed E-state index contributed by atoms with van der Waals surface area (Å²) in [6.07, 6.45) is 8.50. The Hall–Kier alpha value is -0.120. The number of hydrogen-bond acceptors (Lipinski definition) is 3. The van der Waals surface area contributed by atoms with Gasteiger partial charge in [-0.25, -0.2) is 0 Å². The Morgan fingerprint density at radius 3 is 2.67 bits per heavy atom. The number of fused-ring (bicyclic) bond motifs is 2. The van der Waals surface area contributed by atoms with Gasteiger partial charge in [-0.2, -0.15) is 0 Å². The molecule has 2 aliphatic rings. The highest BCUT2D eigenvalue weighted by molar-refractivity contribution is 4.91. The fourth-order valence-corrected chi connectivity index (χ4v) is 3.88. The lowest BCUT2D eigenvalue weighted by molar-refractivity contribution is 0.0644. The van der Waals surface area contributed by atoms with Crippen LogP contribution in [0.3, 0.4) is 0 Å². The molecule has 3 nitrogen and oxygen atoms in total. The maximum Gasteiger partial charge on any atom is 0.0700 e. The lowest BCUT2D eigenvalue weighted by Gasteiger charge is -2.26. The number of methoxy groups -OCH3 is 1. The van der Waals surface area contributed by atoms with Gasteiger partial charge in [0.2, 0.25) is 0 Å². The van der Waals surface area contributed by atoms with E-state index in [0.717, 1.165) is 37.4 Å². The molecule has 2 saturated carbocycles. The van der Waals surface area contributed by atoms with Gasteiger partial charge in [0.15, 0.2) is 0 Å². The molecule has 0 amide bonds. The van der Waals surface area contributed by atoms with Gasteiger partial charge in [0.1, 0.15) is 0 Å². The summed E-state index contributed by atoms with van der Waals surface area (Å²) in [5.74, 6) is 3.09. The van der Waals surface area contributed by atoms with Crippen LogP contribution in [-0.2, 0) is 9.47 Å². The van der Waals surface area contributed by atoms with Crippen molar-refractivity contribution in [3.8, 4) is 0 Å². The number of ether oxygens (including phenoxy) is 2. The predicted octanol–water partition coefficient (Wildman–Crippen LogP) is 2.45. The van der Waals surface area contributed by atoms with Gasteiger partial charge in [-0.05, 0) is 56.9 Å². The van der Waals surface area contributed by atoms with Gasteiger partial charge in [-0.3, -0.25) is 0 Å². The van der Waals surface area contributed by atoms with Crippen molar-refractivity contribution in [3.63, 3.8) is 0 Å². The van der Waals surface area contributed by atoms with Crippen LogP contribution in [0.5, 0.6) is 0 Å². The fraction of sp³-hybridized carbons (Fsp3) is 1.00. The molecule has 4 unspecified atom stereocenters. The van der Waals surface area contributed by atoms with Gasteiger partial charge in [0, 0.05) is 19.8 Å². The van der Waals surface area contributed by atoms with Crippen molar-refractivity contribution < 1.29 is 9.47 Å². The zero-order chi connectivity index (χ0) is 12.8. The Kier molecular flexibility index (Phi) is 5.93. The molecule has 0 aromatic rings. The van der Waals surface area contributed by atoms with Gasteiger partial charge >= 0.3 is 0 Å². The van der Waals surface area contributed by atoms with Gasteiger partial charge in [-0.1, -0.05) is 6.42 Å². The minimum absolute atomic E-state index is 0.636. The van der Waals surface area contributed by atoms with Crippen molar-refractivity contribution in [2.24, 2.45) is 17.8 Å². The first-order valence-corrected chi connectivity index (χ1v) is 7.57. The van der Waals surface area contributed by atoms with Crippen LogP contribution in [0, 0.1) is 17.8 Å². The molecule has 0 aromatic carbocycles. The van der Waals surface area contributed by atoms with E-state index >= 15 is 0 Å². The van der Waals surface area contributed by atoms with Gasteiger partial charge in [-0.15, -0.1) is 0 Å². The Labute approximate surface area is 112 Å². The molecule has 0 spiro atoms. The summed E-state index contributed by atoms with van der Waals surface area (Å²) in [5, 5.41) is 3.47. The average Bonchev–Trinajstić information content (AvgIpc) is 2.99. The highest BCUT2D eigenvalue weighted by Gasteiger charge is 2.39. The van der Waals surface area contributed by atoms with Gasteiger partial charge in [0.05, 0.1) is 13.2 Å². The molecule has 3 heteroatoms. The largest absolute Gasteiger partial charge is 0.382 e. The molecule has 2 aliphatic carbocycles. The Morgan fingerprint density at radius 2 is 2.06 bits per heavy atom. The Morgan fingerprint density at radius 1 is 1.17 bits per heavy atom. The van der Waals surface area contributed by atoms with Crippen LogP contribution in [0.4, 0.5) is 0 Å². The topological polar surface area (TPSA) is 30.5 Å². The quantitative estimate of drug-likeness (QED) is 0.642. The summed E-state index contributed by atoms with van der Waals surface area (Å²) >= 11 is 0. The maximum atomic E-state index is 5.57. The molecule has 18 heavy (non-hydrogen) atoms. The standard InChI is InChI=1S/C15H29NO2/c1-16-15(5-6-18-8-7-17-2)11-14-10-12-3-4-13(14)9-12/h12-16H,3-11H2,1-2H3. The zero-order valence-electron chi connectivity index (χ0n) is 12.0. The number of nitrogens with one attached hydrogen (secondary N) is 1. The monoisotopic (exact) mass is 255 g/mol. The molecule has 106 valence electrons. The van der Waals surface area contributed by atoms with Crippen LogP contribution >= 0.6 is 0 Å². The van der Waals surface area contributed by atoms with Crippen LogP contribution in [0.25, 0.3) is 0 Å². The molecular formula is C15H29NO2. The Bertz CT molecular complexity index is 235. The molecule has 4 atom stereocenters. The van der Waals surface area contributed by atoms with E-state index in [1.807, 2.05) is 0 Å². The second kappa shape index (κ2) is 7.46. The van der Waals surface area contributed by atoms with Crippen LogP contribution in [0.15, 0.2) is 0 Å². The zero-order valence-corrected chi connectivity index (χ0v) is 12.0. The fourth-order valence-electron chi connectivity index (χ4n) is 3.88. The lowest BCUT2D eigenvalue weighted by atomic mass is 9.83. The van der Waals surface area contributed by atoms with Crippen molar-refractivity contribution >= 4 is 0 Å². The summed E-state index contributed by atoms with van der Waals surface area (Å²) in [6.45, 7) is 2.29. The first-order chi connectivity index (χ1) is 8.83. The van der Waals surface area contributed by atoms with Crippen LogP contribution in [0.1, 0.15) is 38.5 Å². The highest BCUT2D eigenvalue weighted by atomic mass is 16.5. The number of hydrogen-bond donors (Lipinski definition) is 1. The van der Waals surface area contributed by atoms with E-state index < -0.39 is 0 Å². The highest BCUT2D eigenvalue weighted by Crippen LogP contribution is 2.49. The second-order valence-corrected chi connectivity index (χ2v) is 6.05. The van der Waals surface area contributed by atoms with Gasteiger partial charge in [0.25, 0.3) is 0 Å². The van der Waals surface area contributed by atoms with Crippen molar-refractivity contribution in [1.29, 1.82) is 0 Å². The molecule has 0 aliphatic heterocycles. The van der Waals surface area contributed by atoms with E-state index in [0.29, 0.717) is 12.6 Å². The third-order valence-corrected chi connectivity index (χ3v) is 4.92. The summed E-state index contributed by atoms with van der Waals surface area (Å²) < 4.78 is 10.5. The minimum Gasteiger partial charge on any atom is -0.382 e. The number of rotatable bonds is 9. The molecule has 0 heterocycles. The SMILES string of the molecule is CNC(CCOCCOC)CC1CC2CCC1C2. The molecule has 2 bridgehead atoms. The molecule has 0 radical (unpaired) electrons. The normalized spacial score (nSPS) is 32.0. The van der Waals surface area contributed by atoms with E-state index in [4.69, 9.17) is 9.47 Å². The van der Waals surface area contributed by atoms with E-state index in [1.54, 1.807) is 7.11 Å². The van der Waals surface area contributed by atoms with E-state index in [9.17, 15) is 0 Å². The van der Waals surface area contributed by atoms with E-state index in [2.05, 4.69) is 12.4 Å². The molecule has 2 fully saturated rings. The van der Waals surface area contributed by atoms with Crippen LogP contribution in [-0.4, -0.2) is 40.0 Å². The van der Waals surface area contributed by atoms with Crippen LogP contribution < -0.4 is 5.32 Å². The first-order valence-electron chi connectivity index (χ1n) is 7.57. The van der Waals surface area contributed by atoms with Crippen molar-refractivity contribution in [2.75, 3.05) is 34.0 Å². The predicted molar refractivity (Wildman–Crippen MR) is 73.7 cm³/mol. The average molecular weight is 255 g/mol. The van der Waals surface area contributed by atoms with Crippen molar-refractivity contribution in [3.05, 3.63) is 0 Å².